The molecule has 8 nitrogen and oxygen atoms in total. The van der Waals surface area contributed by atoms with E-state index < -0.39 is 0 Å². The molecule has 0 atom stereocenters. The molecule has 4 heterocycles. The van der Waals surface area contributed by atoms with Crippen molar-refractivity contribution in [1.29, 1.82) is 0 Å². The van der Waals surface area contributed by atoms with Crippen LogP contribution in [0.1, 0.15) is 17.3 Å². The highest BCUT2D eigenvalue weighted by Crippen LogP contribution is 2.22. The van der Waals surface area contributed by atoms with Gasteiger partial charge in [-0.3, -0.25) is 0 Å². The van der Waals surface area contributed by atoms with E-state index in [0.29, 0.717) is 34.2 Å². The van der Waals surface area contributed by atoms with Gasteiger partial charge in [-0.1, -0.05) is 16.9 Å². The van der Waals surface area contributed by atoms with Gasteiger partial charge in [-0.25, -0.2) is 9.50 Å². The smallest absolute Gasteiger partial charge is 0.253 e. The highest BCUT2D eigenvalue weighted by molar-refractivity contribution is 7.98. The number of aromatic nitrogens is 6. The van der Waals surface area contributed by atoms with E-state index in [1.165, 1.54) is 11.8 Å². The molecule has 0 aromatic carbocycles. The fourth-order valence-corrected chi connectivity index (χ4v) is 2.81. The molecule has 23 heavy (non-hydrogen) atoms. The maximum atomic E-state index is 5.23. The van der Waals surface area contributed by atoms with Crippen LogP contribution in [0.3, 0.4) is 0 Å². The Morgan fingerprint density at radius 1 is 1.22 bits per heavy atom. The number of nitrogens with zero attached hydrogens (tertiary/aromatic N) is 6. The van der Waals surface area contributed by atoms with E-state index in [-0.39, 0.29) is 0 Å². The Kier molecular flexibility index (Phi) is 3.34. The van der Waals surface area contributed by atoms with Gasteiger partial charge in [0.1, 0.15) is 0 Å². The van der Waals surface area contributed by atoms with Gasteiger partial charge in [0, 0.05) is 11.4 Å². The van der Waals surface area contributed by atoms with Crippen LogP contribution in [0.15, 0.2) is 38.6 Å². The molecule has 0 saturated heterocycles. The van der Waals surface area contributed by atoms with Crippen molar-refractivity contribution < 1.29 is 8.94 Å². The Balaban J connectivity index is 1.52. The van der Waals surface area contributed by atoms with Crippen molar-refractivity contribution in [3.63, 3.8) is 0 Å². The summed E-state index contributed by atoms with van der Waals surface area (Å²) in [4.78, 5) is 13.0. The van der Waals surface area contributed by atoms with Gasteiger partial charge in [0.15, 0.2) is 5.76 Å². The van der Waals surface area contributed by atoms with Crippen LogP contribution in [0.4, 0.5) is 0 Å². The van der Waals surface area contributed by atoms with Crippen molar-refractivity contribution in [2.24, 2.45) is 0 Å². The molecule has 0 bridgehead atoms. The quantitative estimate of drug-likeness (QED) is 0.528. The van der Waals surface area contributed by atoms with Crippen LogP contribution in [0.5, 0.6) is 0 Å². The van der Waals surface area contributed by atoms with Crippen molar-refractivity contribution in [2.45, 2.75) is 24.8 Å². The molecule has 116 valence electrons. The SMILES string of the molecule is Cc1cc(C)n2nc(SCc3nc(-c4ccco4)no3)nc2n1. The summed E-state index contributed by atoms with van der Waals surface area (Å²) in [5, 5.41) is 8.93. The van der Waals surface area contributed by atoms with Gasteiger partial charge in [0.05, 0.1) is 12.0 Å². The molecule has 0 aliphatic rings. The highest BCUT2D eigenvalue weighted by Gasteiger charge is 2.13. The van der Waals surface area contributed by atoms with Crippen LogP contribution in [0.2, 0.25) is 0 Å². The summed E-state index contributed by atoms with van der Waals surface area (Å²) in [6.45, 7) is 3.90. The van der Waals surface area contributed by atoms with E-state index in [9.17, 15) is 0 Å². The molecule has 4 rings (SSSR count). The van der Waals surface area contributed by atoms with E-state index >= 15 is 0 Å². The number of hydrogen-bond acceptors (Lipinski definition) is 8. The summed E-state index contributed by atoms with van der Waals surface area (Å²) >= 11 is 1.41. The van der Waals surface area contributed by atoms with E-state index in [4.69, 9.17) is 8.94 Å². The predicted octanol–water partition coefficient (Wildman–Crippen LogP) is 2.68. The molecule has 0 amide bonds. The third kappa shape index (κ3) is 2.70. The van der Waals surface area contributed by atoms with Crippen LogP contribution < -0.4 is 0 Å². The Morgan fingerprint density at radius 2 is 2.13 bits per heavy atom. The van der Waals surface area contributed by atoms with Gasteiger partial charge >= 0.3 is 0 Å². The standard InChI is InChI=1S/C14H12N6O2S/c1-8-6-9(2)20-13(15-8)17-14(18-20)23-7-11-16-12(19-22-11)10-4-3-5-21-10/h3-6H,7H2,1-2H3. The number of hydrogen-bond donors (Lipinski definition) is 0. The van der Waals surface area contributed by atoms with Gasteiger partial charge in [-0.05, 0) is 32.0 Å². The first-order valence-corrected chi connectivity index (χ1v) is 7.88. The maximum Gasteiger partial charge on any atom is 0.253 e. The van der Waals surface area contributed by atoms with Gasteiger partial charge in [0.2, 0.25) is 16.9 Å². The molecule has 0 unspecified atom stereocenters. The average Bonchev–Trinajstić information content (AvgIpc) is 3.24. The largest absolute Gasteiger partial charge is 0.461 e. The summed E-state index contributed by atoms with van der Waals surface area (Å²) in [7, 11) is 0. The lowest BCUT2D eigenvalue weighted by atomic mass is 10.4. The highest BCUT2D eigenvalue weighted by atomic mass is 32.2. The molecule has 0 spiro atoms. The molecule has 0 saturated carbocycles. The van der Waals surface area contributed by atoms with Crippen LogP contribution in [-0.4, -0.2) is 29.7 Å². The molecule has 0 radical (unpaired) electrons. The zero-order chi connectivity index (χ0) is 15.8. The molecule has 4 aromatic heterocycles. The van der Waals surface area contributed by atoms with Crippen LogP contribution in [0, 0.1) is 13.8 Å². The Hall–Kier alpha value is -2.68. The third-order valence-corrected chi connectivity index (χ3v) is 3.96. The fraction of sp³-hybridized carbons (Fsp3) is 0.214. The third-order valence-electron chi connectivity index (χ3n) is 3.13. The summed E-state index contributed by atoms with van der Waals surface area (Å²) in [5.74, 6) is 2.56. The average molecular weight is 328 g/mol. The maximum absolute atomic E-state index is 5.23. The second-order valence-corrected chi connectivity index (χ2v) is 5.87. The van der Waals surface area contributed by atoms with Crippen LogP contribution in [0.25, 0.3) is 17.4 Å². The van der Waals surface area contributed by atoms with Crippen LogP contribution >= 0.6 is 11.8 Å². The minimum atomic E-state index is 0.432. The van der Waals surface area contributed by atoms with Crippen molar-refractivity contribution in [3.8, 4) is 11.6 Å². The summed E-state index contributed by atoms with van der Waals surface area (Å²) in [6.07, 6.45) is 1.57. The Labute approximate surface area is 134 Å². The topological polar surface area (TPSA) is 95.1 Å². The van der Waals surface area contributed by atoms with Crippen LogP contribution in [-0.2, 0) is 5.75 Å². The van der Waals surface area contributed by atoms with Crippen molar-refractivity contribution >= 4 is 17.5 Å². The summed E-state index contributed by atoms with van der Waals surface area (Å²) in [6, 6.07) is 5.52. The van der Waals surface area contributed by atoms with Crippen molar-refractivity contribution in [3.05, 3.63) is 41.7 Å². The fourth-order valence-electron chi connectivity index (χ4n) is 2.15. The minimum absolute atomic E-state index is 0.432. The zero-order valence-corrected chi connectivity index (χ0v) is 13.2. The van der Waals surface area contributed by atoms with Gasteiger partial charge in [0.25, 0.3) is 5.78 Å². The summed E-state index contributed by atoms with van der Waals surface area (Å²) < 4.78 is 12.2. The normalized spacial score (nSPS) is 11.4. The lowest BCUT2D eigenvalue weighted by molar-refractivity contribution is 0.390. The predicted molar refractivity (Wildman–Crippen MR) is 81.8 cm³/mol. The van der Waals surface area contributed by atoms with Crippen molar-refractivity contribution in [2.75, 3.05) is 0 Å². The first kappa shape index (κ1) is 13.9. The van der Waals surface area contributed by atoms with E-state index in [2.05, 4.69) is 25.2 Å². The Morgan fingerprint density at radius 3 is 2.96 bits per heavy atom. The van der Waals surface area contributed by atoms with Gasteiger partial charge in [-0.15, -0.1) is 5.10 Å². The minimum Gasteiger partial charge on any atom is -0.461 e. The summed E-state index contributed by atoms with van der Waals surface area (Å²) in [5.41, 5.74) is 1.91. The molecule has 0 N–H and O–H groups in total. The molecule has 0 aliphatic carbocycles. The first-order chi connectivity index (χ1) is 11.2. The molecular formula is C14H12N6O2S. The number of aryl methyl sites for hydroxylation is 2. The monoisotopic (exact) mass is 328 g/mol. The molecular weight excluding hydrogens is 316 g/mol. The number of fused-ring (bicyclic) bond motifs is 1. The Bertz CT molecular complexity index is 959. The number of thioether (sulfide) groups is 1. The number of furan rings is 1. The van der Waals surface area contributed by atoms with Gasteiger partial charge < -0.3 is 8.94 Å². The second-order valence-electron chi connectivity index (χ2n) is 4.92. The van der Waals surface area contributed by atoms with E-state index in [1.54, 1.807) is 22.9 Å². The van der Waals surface area contributed by atoms with Gasteiger partial charge in [-0.2, -0.15) is 9.97 Å². The number of rotatable bonds is 4. The molecule has 0 aliphatic heterocycles. The van der Waals surface area contributed by atoms with E-state index in [1.807, 2.05) is 19.9 Å². The lowest BCUT2D eigenvalue weighted by Gasteiger charge is -1.97. The first-order valence-electron chi connectivity index (χ1n) is 6.89. The van der Waals surface area contributed by atoms with E-state index in [0.717, 1.165) is 11.4 Å². The zero-order valence-electron chi connectivity index (χ0n) is 12.4. The second kappa shape index (κ2) is 5.51. The molecule has 0 fully saturated rings. The van der Waals surface area contributed by atoms with Crippen molar-refractivity contribution in [1.82, 2.24) is 29.7 Å². The molecule has 4 aromatic rings. The molecule has 9 heteroatoms. The lowest BCUT2D eigenvalue weighted by Crippen LogP contribution is -1.97.